The first-order valence-corrected chi connectivity index (χ1v) is 7.60. The van der Waals surface area contributed by atoms with Gasteiger partial charge in [-0.15, -0.1) is 0 Å². The average molecular weight is 289 g/mol. The summed E-state index contributed by atoms with van der Waals surface area (Å²) in [4.78, 5) is 24.7. The number of aryl methyl sites for hydroxylation is 2. The van der Waals surface area contributed by atoms with Gasteiger partial charge in [-0.25, -0.2) is 0 Å². The number of rotatable bonds is 6. The van der Waals surface area contributed by atoms with Gasteiger partial charge in [0.15, 0.2) is 0 Å². The van der Waals surface area contributed by atoms with Crippen molar-refractivity contribution in [1.29, 1.82) is 0 Å². The van der Waals surface area contributed by atoms with Gasteiger partial charge in [0.25, 0.3) is 0 Å². The molecule has 1 atom stereocenters. The number of likely N-dealkylation sites (tertiary alicyclic amines) is 1. The van der Waals surface area contributed by atoms with Crippen LogP contribution in [0.2, 0.25) is 0 Å². The maximum Gasteiger partial charge on any atom is 0.303 e. The van der Waals surface area contributed by atoms with Crippen molar-refractivity contribution in [2.45, 2.75) is 39.0 Å². The Hall–Kier alpha value is -1.84. The van der Waals surface area contributed by atoms with Crippen molar-refractivity contribution >= 4 is 11.9 Å². The molecule has 4 nitrogen and oxygen atoms in total. The lowest BCUT2D eigenvalue weighted by Crippen LogP contribution is -2.29. The fourth-order valence-corrected chi connectivity index (χ4v) is 2.91. The predicted molar refractivity (Wildman–Crippen MR) is 81.1 cm³/mol. The lowest BCUT2D eigenvalue weighted by atomic mass is 10.0. The number of nitrogens with zero attached hydrogens (tertiary/aromatic N) is 1. The fourth-order valence-electron chi connectivity index (χ4n) is 2.91. The normalized spacial score (nSPS) is 18.0. The van der Waals surface area contributed by atoms with Crippen LogP contribution >= 0.6 is 0 Å². The molecule has 1 N–H and O–H groups in total. The molecule has 1 unspecified atom stereocenters. The third-order valence-corrected chi connectivity index (χ3v) is 4.27. The molecule has 0 radical (unpaired) electrons. The van der Waals surface area contributed by atoms with E-state index in [1.54, 1.807) is 0 Å². The molecule has 21 heavy (non-hydrogen) atoms. The zero-order chi connectivity index (χ0) is 15.2. The maximum absolute atomic E-state index is 12.2. The number of carboxylic acid groups (broad SMARTS) is 1. The van der Waals surface area contributed by atoms with Crippen LogP contribution in [0.3, 0.4) is 0 Å². The van der Waals surface area contributed by atoms with Crippen molar-refractivity contribution in [2.75, 3.05) is 13.1 Å². The number of hydrogen-bond acceptors (Lipinski definition) is 2. The zero-order valence-electron chi connectivity index (χ0n) is 12.5. The topological polar surface area (TPSA) is 57.6 Å². The van der Waals surface area contributed by atoms with Gasteiger partial charge >= 0.3 is 5.97 Å². The molecule has 1 saturated heterocycles. The molecule has 0 saturated carbocycles. The minimum Gasteiger partial charge on any atom is -0.481 e. The Labute approximate surface area is 125 Å². The van der Waals surface area contributed by atoms with E-state index in [2.05, 4.69) is 19.1 Å². The minimum absolute atomic E-state index is 0.191. The molecule has 0 aromatic heterocycles. The first-order chi connectivity index (χ1) is 10.1. The summed E-state index contributed by atoms with van der Waals surface area (Å²) >= 11 is 0. The molecule has 2 rings (SSSR count). The zero-order valence-corrected chi connectivity index (χ0v) is 12.5. The monoisotopic (exact) mass is 289 g/mol. The molecule has 1 amide bonds. The smallest absolute Gasteiger partial charge is 0.303 e. The number of hydrogen-bond donors (Lipinski definition) is 1. The van der Waals surface area contributed by atoms with Crippen LogP contribution in [0.15, 0.2) is 24.3 Å². The second-order valence-electron chi connectivity index (χ2n) is 5.85. The van der Waals surface area contributed by atoms with Gasteiger partial charge in [0.05, 0.1) is 0 Å². The van der Waals surface area contributed by atoms with Crippen LogP contribution < -0.4 is 0 Å². The summed E-state index contributed by atoms with van der Waals surface area (Å²) in [6.45, 7) is 3.56. The summed E-state index contributed by atoms with van der Waals surface area (Å²) in [7, 11) is 0. The van der Waals surface area contributed by atoms with Crippen LogP contribution in [0, 0.1) is 12.8 Å². The summed E-state index contributed by atoms with van der Waals surface area (Å²) in [6.07, 6.45) is 3.13. The van der Waals surface area contributed by atoms with Gasteiger partial charge in [0.2, 0.25) is 5.91 Å². The minimum atomic E-state index is -0.751. The van der Waals surface area contributed by atoms with Gasteiger partial charge in [-0.1, -0.05) is 24.3 Å². The van der Waals surface area contributed by atoms with E-state index in [-0.39, 0.29) is 12.3 Å². The van der Waals surface area contributed by atoms with Crippen LogP contribution in [-0.2, 0) is 16.0 Å². The SMILES string of the molecule is Cc1ccccc1CCC(=O)N1CCC(CCC(=O)O)C1. The van der Waals surface area contributed by atoms with Gasteiger partial charge < -0.3 is 10.0 Å². The van der Waals surface area contributed by atoms with Gasteiger partial charge in [0.1, 0.15) is 0 Å². The summed E-state index contributed by atoms with van der Waals surface area (Å²) in [6, 6.07) is 8.15. The largest absolute Gasteiger partial charge is 0.481 e. The van der Waals surface area contributed by atoms with E-state index >= 15 is 0 Å². The van der Waals surface area contributed by atoms with E-state index in [0.717, 1.165) is 25.9 Å². The standard InChI is InChI=1S/C17H23NO3/c1-13-4-2-3-5-15(13)7-8-16(19)18-11-10-14(12-18)6-9-17(20)21/h2-5,14H,6-12H2,1H3,(H,20,21). The van der Waals surface area contributed by atoms with Crippen LogP contribution in [0.25, 0.3) is 0 Å². The summed E-state index contributed by atoms with van der Waals surface area (Å²) in [5.74, 6) is -0.209. The van der Waals surface area contributed by atoms with Crippen LogP contribution in [0.1, 0.15) is 36.8 Å². The van der Waals surface area contributed by atoms with E-state index in [0.29, 0.717) is 18.8 Å². The Morgan fingerprint density at radius 2 is 2.05 bits per heavy atom. The molecule has 114 valence electrons. The highest BCUT2D eigenvalue weighted by atomic mass is 16.4. The number of aliphatic carboxylic acids is 1. The van der Waals surface area contributed by atoms with Gasteiger partial charge in [-0.2, -0.15) is 0 Å². The number of carbonyl (C=O) groups excluding carboxylic acids is 1. The molecule has 0 spiro atoms. The molecule has 1 heterocycles. The average Bonchev–Trinajstić information content (AvgIpc) is 2.93. The maximum atomic E-state index is 12.2. The molecule has 4 heteroatoms. The fraction of sp³-hybridized carbons (Fsp3) is 0.529. The Kier molecular flexibility index (Phi) is 5.37. The van der Waals surface area contributed by atoms with E-state index in [9.17, 15) is 9.59 Å². The van der Waals surface area contributed by atoms with Crippen molar-refractivity contribution in [3.63, 3.8) is 0 Å². The highest BCUT2D eigenvalue weighted by Gasteiger charge is 2.26. The molecule has 1 aliphatic rings. The summed E-state index contributed by atoms with van der Waals surface area (Å²) in [5, 5.41) is 8.70. The highest BCUT2D eigenvalue weighted by molar-refractivity contribution is 5.76. The second kappa shape index (κ2) is 7.25. The van der Waals surface area contributed by atoms with Gasteiger partial charge in [0, 0.05) is 25.9 Å². The number of carbonyl (C=O) groups is 2. The van der Waals surface area contributed by atoms with Crippen LogP contribution in [0.5, 0.6) is 0 Å². The Balaban J connectivity index is 1.77. The van der Waals surface area contributed by atoms with Gasteiger partial charge in [-0.3, -0.25) is 9.59 Å². The molecular formula is C17H23NO3. The molecule has 1 aromatic rings. The highest BCUT2D eigenvalue weighted by Crippen LogP contribution is 2.22. The lowest BCUT2D eigenvalue weighted by Gasteiger charge is -2.16. The van der Waals surface area contributed by atoms with Crippen molar-refractivity contribution in [2.24, 2.45) is 5.92 Å². The molecular weight excluding hydrogens is 266 g/mol. The lowest BCUT2D eigenvalue weighted by molar-refractivity contribution is -0.137. The number of benzene rings is 1. The van der Waals surface area contributed by atoms with E-state index in [1.807, 2.05) is 17.0 Å². The first-order valence-electron chi connectivity index (χ1n) is 7.60. The van der Waals surface area contributed by atoms with E-state index in [1.165, 1.54) is 11.1 Å². The predicted octanol–water partition coefficient (Wildman–Crippen LogP) is 2.64. The summed E-state index contributed by atoms with van der Waals surface area (Å²) < 4.78 is 0. The van der Waals surface area contributed by atoms with Gasteiger partial charge in [-0.05, 0) is 43.2 Å². The van der Waals surface area contributed by atoms with Crippen molar-refractivity contribution in [3.05, 3.63) is 35.4 Å². The Morgan fingerprint density at radius 3 is 2.76 bits per heavy atom. The molecule has 1 aliphatic heterocycles. The Morgan fingerprint density at radius 1 is 1.29 bits per heavy atom. The number of amides is 1. The quantitative estimate of drug-likeness (QED) is 0.876. The second-order valence-corrected chi connectivity index (χ2v) is 5.85. The van der Waals surface area contributed by atoms with E-state index < -0.39 is 5.97 Å². The first kappa shape index (κ1) is 15.5. The summed E-state index contributed by atoms with van der Waals surface area (Å²) in [5.41, 5.74) is 2.46. The van der Waals surface area contributed by atoms with Crippen molar-refractivity contribution < 1.29 is 14.7 Å². The van der Waals surface area contributed by atoms with Crippen LogP contribution in [-0.4, -0.2) is 35.0 Å². The molecule has 1 aromatic carbocycles. The van der Waals surface area contributed by atoms with E-state index in [4.69, 9.17) is 5.11 Å². The van der Waals surface area contributed by atoms with Crippen molar-refractivity contribution in [1.82, 2.24) is 4.90 Å². The molecule has 0 bridgehead atoms. The van der Waals surface area contributed by atoms with Crippen LogP contribution in [0.4, 0.5) is 0 Å². The molecule has 1 fully saturated rings. The molecule has 0 aliphatic carbocycles. The third-order valence-electron chi connectivity index (χ3n) is 4.27. The van der Waals surface area contributed by atoms with Crippen molar-refractivity contribution in [3.8, 4) is 0 Å². The Bertz CT molecular complexity index is 513. The number of carboxylic acids is 1. The third kappa shape index (κ3) is 4.59.